The van der Waals surface area contributed by atoms with E-state index in [9.17, 15) is 9.59 Å². The molecule has 2 aromatic heterocycles. The van der Waals surface area contributed by atoms with E-state index in [1.807, 2.05) is 52.0 Å². The van der Waals surface area contributed by atoms with Crippen LogP contribution in [-0.4, -0.2) is 20.5 Å². The predicted octanol–water partition coefficient (Wildman–Crippen LogP) is 2.37. The Hall–Kier alpha value is -2.89. The monoisotopic (exact) mass is 338 g/mol. The smallest absolute Gasteiger partial charge is 0.266 e. The molecule has 0 saturated carbocycles. The van der Waals surface area contributed by atoms with Gasteiger partial charge in [0.25, 0.3) is 5.56 Å². The van der Waals surface area contributed by atoms with Crippen molar-refractivity contribution in [1.82, 2.24) is 19.9 Å². The summed E-state index contributed by atoms with van der Waals surface area (Å²) in [5.74, 6) is -0.0717. The Balaban J connectivity index is 1.82. The van der Waals surface area contributed by atoms with E-state index in [4.69, 9.17) is 0 Å². The Labute approximate surface area is 145 Å². The number of rotatable bonds is 4. The lowest BCUT2D eigenvalue weighted by Gasteiger charge is -2.17. The van der Waals surface area contributed by atoms with Gasteiger partial charge in [-0.1, -0.05) is 24.3 Å². The van der Waals surface area contributed by atoms with Crippen LogP contribution < -0.4 is 10.9 Å². The third kappa shape index (κ3) is 3.33. The highest BCUT2D eigenvalue weighted by Crippen LogP contribution is 2.18. The van der Waals surface area contributed by atoms with Crippen LogP contribution in [0.25, 0.3) is 5.65 Å². The number of H-pyrrole nitrogens is 1. The minimum atomic E-state index is -0.204. The summed E-state index contributed by atoms with van der Waals surface area (Å²) in [6.45, 7) is 7.75. The lowest BCUT2D eigenvalue weighted by molar-refractivity contribution is -0.121. The maximum Gasteiger partial charge on any atom is 0.266 e. The number of amides is 1. The molecule has 1 aromatic carbocycles. The maximum atomic E-state index is 12.5. The number of nitrogens with zero attached hydrogens (tertiary/aromatic N) is 2. The largest absolute Gasteiger partial charge is 0.349 e. The van der Waals surface area contributed by atoms with Crippen molar-refractivity contribution in [3.63, 3.8) is 0 Å². The molecular formula is C19H22N4O2. The van der Waals surface area contributed by atoms with E-state index >= 15 is 0 Å². The lowest BCUT2D eigenvalue weighted by Crippen LogP contribution is -2.29. The molecule has 0 fully saturated rings. The van der Waals surface area contributed by atoms with Gasteiger partial charge >= 0.3 is 0 Å². The number of carbonyl (C=O) groups is 1. The molecule has 3 aromatic rings. The van der Waals surface area contributed by atoms with Crippen LogP contribution in [0.1, 0.15) is 41.0 Å². The number of hydrogen-bond donors (Lipinski definition) is 2. The quantitative estimate of drug-likeness (QED) is 0.766. The Morgan fingerprint density at radius 3 is 2.72 bits per heavy atom. The van der Waals surface area contributed by atoms with Crippen LogP contribution in [0, 0.1) is 20.8 Å². The first-order valence-corrected chi connectivity index (χ1v) is 8.29. The number of aromatic nitrogens is 3. The van der Waals surface area contributed by atoms with Crippen LogP contribution in [0.2, 0.25) is 0 Å². The van der Waals surface area contributed by atoms with Gasteiger partial charge in [0.2, 0.25) is 5.91 Å². The highest BCUT2D eigenvalue weighted by atomic mass is 16.1. The van der Waals surface area contributed by atoms with Crippen molar-refractivity contribution in [2.45, 2.75) is 40.2 Å². The number of nitrogens with one attached hydrogen (secondary N) is 2. The summed E-state index contributed by atoms with van der Waals surface area (Å²) in [5.41, 5.74) is 5.03. The normalized spacial score (nSPS) is 12.3. The van der Waals surface area contributed by atoms with Crippen LogP contribution in [-0.2, 0) is 11.2 Å². The third-order valence-corrected chi connectivity index (χ3v) is 4.57. The number of aromatic amines is 1. The first-order chi connectivity index (χ1) is 11.9. The second-order valence-electron chi connectivity index (χ2n) is 6.40. The number of benzene rings is 1. The Bertz CT molecular complexity index is 1000. The summed E-state index contributed by atoms with van der Waals surface area (Å²) in [5, 5.41) is 5.75. The van der Waals surface area contributed by atoms with Gasteiger partial charge in [0.05, 0.1) is 12.5 Å². The van der Waals surface area contributed by atoms with Crippen molar-refractivity contribution in [2.24, 2.45) is 0 Å². The first kappa shape index (κ1) is 17.0. The fraction of sp³-hybridized carbons (Fsp3) is 0.316. The van der Waals surface area contributed by atoms with Crippen LogP contribution in [0.3, 0.4) is 0 Å². The van der Waals surface area contributed by atoms with E-state index in [0.29, 0.717) is 5.65 Å². The van der Waals surface area contributed by atoms with E-state index in [0.717, 1.165) is 28.1 Å². The van der Waals surface area contributed by atoms with E-state index in [1.165, 1.54) is 6.07 Å². The molecule has 0 aliphatic carbocycles. The van der Waals surface area contributed by atoms with Crippen LogP contribution in [0.15, 0.2) is 35.1 Å². The third-order valence-electron chi connectivity index (χ3n) is 4.57. The molecule has 0 spiro atoms. The molecule has 130 valence electrons. The highest BCUT2D eigenvalue weighted by Gasteiger charge is 2.16. The van der Waals surface area contributed by atoms with Crippen molar-refractivity contribution in [3.05, 3.63) is 68.8 Å². The first-order valence-electron chi connectivity index (χ1n) is 8.29. The van der Waals surface area contributed by atoms with Gasteiger partial charge in [-0.3, -0.25) is 14.7 Å². The van der Waals surface area contributed by atoms with Crippen molar-refractivity contribution in [3.8, 4) is 0 Å². The average Bonchev–Trinajstić information content (AvgIpc) is 2.92. The fourth-order valence-corrected chi connectivity index (χ4v) is 3.21. The zero-order valence-corrected chi connectivity index (χ0v) is 14.9. The molecule has 2 heterocycles. The van der Waals surface area contributed by atoms with Gasteiger partial charge in [-0.15, -0.1) is 0 Å². The predicted molar refractivity (Wildman–Crippen MR) is 96.7 cm³/mol. The summed E-state index contributed by atoms with van der Waals surface area (Å²) < 4.78 is 1.63. The second kappa shape index (κ2) is 6.55. The molecule has 0 saturated heterocycles. The number of aryl methyl sites for hydroxylation is 3. The zero-order chi connectivity index (χ0) is 18.1. The molecular weight excluding hydrogens is 316 g/mol. The number of carbonyl (C=O) groups excluding carboxylic acids is 1. The number of hydrogen-bond acceptors (Lipinski definition) is 3. The van der Waals surface area contributed by atoms with E-state index < -0.39 is 0 Å². The van der Waals surface area contributed by atoms with Gasteiger partial charge < -0.3 is 5.32 Å². The summed E-state index contributed by atoms with van der Waals surface area (Å²) in [4.78, 5) is 28.5. The van der Waals surface area contributed by atoms with Gasteiger partial charge in [-0.05, 0) is 38.8 Å². The van der Waals surface area contributed by atoms with E-state index in [2.05, 4.69) is 15.4 Å². The molecule has 0 aliphatic rings. The molecule has 1 amide bonds. The summed E-state index contributed by atoms with van der Waals surface area (Å²) in [6.07, 6.45) is 0.219. The molecule has 2 N–H and O–H groups in total. The maximum absolute atomic E-state index is 12.5. The Morgan fingerprint density at radius 1 is 1.28 bits per heavy atom. The van der Waals surface area contributed by atoms with Crippen LogP contribution in [0.4, 0.5) is 0 Å². The molecule has 0 bridgehead atoms. The van der Waals surface area contributed by atoms with Gasteiger partial charge in [-0.2, -0.15) is 0 Å². The van der Waals surface area contributed by atoms with Crippen LogP contribution >= 0.6 is 0 Å². The minimum absolute atomic E-state index is 0.0717. The minimum Gasteiger partial charge on any atom is -0.349 e. The van der Waals surface area contributed by atoms with Crippen LogP contribution in [0.5, 0.6) is 0 Å². The summed E-state index contributed by atoms with van der Waals surface area (Å²) in [7, 11) is 0. The average molecular weight is 338 g/mol. The molecule has 25 heavy (non-hydrogen) atoms. The zero-order valence-electron chi connectivity index (χ0n) is 14.9. The molecule has 6 heteroatoms. The molecule has 0 aliphatic heterocycles. The van der Waals surface area contributed by atoms with Gasteiger partial charge in [0.1, 0.15) is 0 Å². The van der Waals surface area contributed by atoms with E-state index in [-0.39, 0.29) is 23.9 Å². The van der Waals surface area contributed by atoms with Gasteiger partial charge in [0.15, 0.2) is 5.65 Å². The molecule has 1 atom stereocenters. The van der Waals surface area contributed by atoms with Gasteiger partial charge in [0, 0.05) is 23.0 Å². The van der Waals surface area contributed by atoms with Crippen molar-refractivity contribution in [2.75, 3.05) is 0 Å². The molecule has 0 radical (unpaired) electrons. The fourth-order valence-electron chi connectivity index (χ4n) is 3.21. The second-order valence-corrected chi connectivity index (χ2v) is 6.40. The van der Waals surface area contributed by atoms with E-state index in [1.54, 1.807) is 4.52 Å². The summed E-state index contributed by atoms with van der Waals surface area (Å²) in [6, 6.07) is 9.39. The number of fused-ring (bicyclic) bond motifs is 1. The Kier molecular flexibility index (Phi) is 4.44. The van der Waals surface area contributed by atoms with Crippen molar-refractivity contribution in [1.29, 1.82) is 0 Å². The van der Waals surface area contributed by atoms with Crippen molar-refractivity contribution < 1.29 is 4.79 Å². The SMILES string of the molecule is Cc1ccccc1[C@@H](C)NC(=O)Cc1c(C)nc2cc(=O)[nH]n2c1C. The summed E-state index contributed by atoms with van der Waals surface area (Å²) >= 11 is 0. The molecule has 0 unspecified atom stereocenters. The topological polar surface area (TPSA) is 79.3 Å². The lowest BCUT2D eigenvalue weighted by atomic mass is 10.0. The molecule has 6 nitrogen and oxygen atoms in total. The molecule has 3 rings (SSSR count). The van der Waals surface area contributed by atoms with Gasteiger partial charge in [-0.25, -0.2) is 9.50 Å². The standard InChI is InChI=1S/C19H22N4O2/c1-11-7-5-6-8-15(11)12(2)21-18(24)9-16-13(3)20-17-10-19(25)22-23(17)14(16)4/h5-8,10,12H,9H2,1-4H3,(H,21,24)(H,22,25)/t12-/m1/s1. The Morgan fingerprint density at radius 2 is 2.00 bits per heavy atom. The van der Waals surface area contributed by atoms with Crippen molar-refractivity contribution >= 4 is 11.6 Å². The highest BCUT2D eigenvalue weighted by molar-refractivity contribution is 5.79.